The summed E-state index contributed by atoms with van der Waals surface area (Å²) < 4.78 is 10.7. The first-order chi connectivity index (χ1) is 13.5. The fraction of sp³-hybridized carbons (Fsp3) is 0.0909. The van der Waals surface area contributed by atoms with E-state index in [1.807, 2.05) is 6.92 Å². The molecule has 0 unspecified atom stereocenters. The van der Waals surface area contributed by atoms with E-state index >= 15 is 0 Å². The number of amides is 2. The number of rotatable bonds is 7. The standard InChI is InChI=1S/C22H20N2O4/c1-15(2)14-28-19-10-4-3-9-18(19)21(25)23-16-7-5-8-17(13-16)24-22(26)20-11-6-12-27-20/h3-13H,1,14H2,2H3,(H,23,25)(H,24,26). The van der Waals surface area contributed by atoms with Gasteiger partial charge in [0.25, 0.3) is 11.8 Å². The number of para-hydroxylation sites is 1. The largest absolute Gasteiger partial charge is 0.488 e. The van der Waals surface area contributed by atoms with Gasteiger partial charge < -0.3 is 19.8 Å². The van der Waals surface area contributed by atoms with E-state index in [1.54, 1.807) is 60.7 Å². The molecule has 0 saturated heterocycles. The van der Waals surface area contributed by atoms with Gasteiger partial charge in [0.15, 0.2) is 5.76 Å². The number of carbonyl (C=O) groups excluding carboxylic acids is 2. The van der Waals surface area contributed by atoms with Crippen LogP contribution < -0.4 is 15.4 Å². The molecule has 2 N–H and O–H groups in total. The van der Waals surface area contributed by atoms with Crippen LogP contribution in [0.1, 0.15) is 27.8 Å². The van der Waals surface area contributed by atoms with Crippen molar-refractivity contribution in [2.24, 2.45) is 0 Å². The van der Waals surface area contributed by atoms with Crippen molar-refractivity contribution in [1.29, 1.82) is 0 Å². The van der Waals surface area contributed by atoms with Gasteiger partial charge in [-0.2, -0.15) is 0 Å². The van der Waals surface area contributed by atoms with Gasteiger partial charge in [0.1, 0.15) is 12.4 Å². The third kappa shape index (κ3) is 4.88. The molecule has 0 aliphatic heterocycles. The molecule has 1 heterocycles. The van der Waals surface area contributed by atoms with Crippen molar-refractivity contribution < 1.29 is 18.7 Å². The molecule has 0 fully saturated rings. The zero-order chi connectivity index (χ0) is 19.9. The molecule has 28 heavy (non-hydrogen) atoms. The van der Waals surface area contributed by atoms with E-state index in [1.165, 1.54) is 6.26 Å². The van der Waals surface area contributed by atoms with Crippen molar-refractivity contribution in [3.8, 4) is 5.75 Å². The van der Waals surface area contributed by atoms with Crippen molar-refractivity contribution in [2.45, 2.75) is 6.92 Å². The molecule has 0 bridgehead atoms. The Morgan fingerprint density at radius 1 is 0.964 bits per heavy atom. The zero-order valence-corrected chi connectivity index (χ0v) is 15.4. The molecular formula is C22H20N2O4. The molecule has 3 aromatic rings. The Labute approximate surface area is 162 Å². The minimum absolute atomic E-state index is 0.207. The summed E-state index contributed by atoms with van der Waals surface area (Å²) in [6, 6.07) is 17.0. The van der Waals surface area contributed by atoms with Crippen molar-refractivity contribution in [2.75, 3.05) is 17.2 Å². The molecular weight excluding hydrogens is 356 g/mol. The third-order valence-electron chi connectivity index (χ3n) is 3.73. The van der Waals surface area contributed by atoms with Crippen LogP contribution in [0.2, 0.25) is 0 Å². The lowest BCUT2D eigenvalue weighted by Crippen LogP contribution is -2.15. The number of ether oxygens (including phenoxy) is 1. The summed E-state index contributed by atoms with van der Waals surface area (Å²) in [6.45, 7) is 5.98. The Morgan fingerprint density at radius 3 is 2.36 bits per heavy atom. The highest BCUT2D eigenvalue weighted by Gasteiger charge is 2.13. The van der Waals surface area contributed by atoms with E-state index in [0.29, 0.717) is 29.3 Å². The van der Waals surface area contributed by atoms with Crippen LogP contribution in [0.4, 0.5) is 11.4 Å². The Kier molecular flexibility index (Phi) is 5.91. The first-order valence-electron chi connectivity index (χ1n) is 8.65. The molecule has 6 heteroatoms. The maximum Gasteiger partial charge on any atom is 0.291 e. The molecule has 0 saturated carbocycles. The van der Waals surface area contributed by atoms with Crippen LogP contribution in [0.3, 0.4) is 0 Å². The topological polar surface area (TPSA) is 80.6 Å². The molecule has 0 atom stereocenters. The van der Waals surface area contributed by atoms with Gasteiger partial charge >= 0.3 is 0 Å². The van der Waals surface area contributed by atoms with Crippen LogP contribution in [0, 0.1) is 0 Å². The summed E-state index contributed by atoms with van der Waals surface area (Å²) in [4.78, 5) is 24.8. The first-order valence-corrected chi connectivity index (χ1v) is 8.65. The lowest BCUT2D eigenvalue weighted by Gasteiger charge is -2.12. The van der Waals surface area contributed by atoms with Crippen LogP contribution in [0.25, 0.3) is 0 Å². The summed E-state index contributed by atoms with van der Waals surface area (Å²) in [5, 5.41) is 5.54. The van der Waals surface area contributed by atoms with Gasteiger partial charge in [-0.15, -0.1) is 0 Å². The summed E-state index contributed by atoms with van der Waals surface area (Å²) in [6.07, 6.45) is 1.43. The van der Waals surface area contributed by atoms with E-state index < -0.39 is 0 Å². The predicted molar refractivity (Wildman–Crippen MR) is 108 cm³/mol. The van der Waals surface area contributed by atoms with E-state index in [0.717, 1.165) is 5.57 Å². The van der Waals surface area contributed by atoms with Crippen molar-refractivity contribution in [1.82, 2.24) is 0 Å². The highest BCUT2D eigenvalue weighted by atomic mass is 16.5. The lowest BCUT2D eigenvalue weighted by molar-refractivity contribution is 0.0994. The van der Waals surface area contributed by atoms with Gasteiger partial charge in [0.05, 0.1) is 11.8 Å². The first kappa shape index (κ1) is 19.0. The lowest BCUT2D eigenvalue weighted by atomic mass is 10.1. The summed E-state index contributed by atoms with van der Waals surface area (Å²) in [5.41, 5.74) is 2.34. The van der Waals surface area contributed by atoms with E-state index in [4.69, 9.17) is 9.15 Å². The smallest absolute Gasteiger partial charge is 0.291 e. The molecule has 0 aliphatic carbocycles. The average molecular weight is 376 g/mol. The third-order valence-corrected chi connectivity index (χ3v) is 3.73. The monoisotopic (exact) mass is 376 g/mol. The minimum atomic E-state index is -0.369. The number of nitrogens with one attached hydrogen (secondary N) is 2. The van der Waals surface area contributed by atoms with E-state index in [-0.39, 0.29) is 17.6 Å². The number of benzene rings is 2. The van der Waals surface area contributed by atoms with Gasteiger partial charge in [-0.3, -0.25) is 9.59 Å². The molecule has 2 aromatic carbocycles. The molecule has 3 rings (SSSR count). The number of furan rings is 1. The average Bonchev–Trinajstić information content (AvgIpc) is 3.22. The molecule has 6 nitrogen and oxygen atoms in total. The summed E-state index contributed by atoms with van der Waals surface area (Å²) >= 11 is 0. The fourth-order valence-corrected chi connectivity index (χ4v) is 2.45. The van der Waals surface area contributed by atoms with Gasteiger partial charge in [-0.1, -0.05) is 24.8 Å². The maximum absolute atomic E-state index is 12.7. The van der Waals surface area contributed by atoms with Gasteiger partial charge in [-0.05, 0) is 55.0 Å². The maximum atomic E-state index is 12.7. The molecule has 2 amide bonds. The summed E-state index contributed by atoms with van der Waals surface area (Å²) in [7, 11) is 0. The van der Waals surface area contributed by atoms with Crippen LogP contribution in [-0.2, 0) is 0 Å². The van der Waals surface area contributed by atoms with Gasteiger partial charge in [-0.25, -0.2) is 0 Å². The van der Waals surface area contributed by atoms with Crippen molar-refractivity contribution in [3.63, 3.8) is 0 Å². The Morgan fingerprint density at radius 2 is 1.68 bits per heavy atom. The number of hydrogen-bond donors (Lipinski definition) is 2. The fourth-order valence-electron chi connectivity index (χ4n) is 2.45. The zero-order valence-electron chi connectivity index (χ0n) is 15.4. The quantitative estimate of drug-likeness (QED) is 0.584. The Bertz CT molecular complexity index is 993. The normalized spacial score (nSPS) is 10.2. The Hall–Kier alpha value is -3.80. The van der Waals surface area contributed by atoms with E-state index in [2.05, 4.69) is 17.2 Å². The predicted octanol–water partition coefficient (Wildman–Crippen LogP) is 4.74. The SMILES string of the molecule is C=C(C)COc1ccccc1C(=O)Nc1cccc(NC(=O)c2ccco2)c1. The number of anilines is 2. The molecule has 0 spiro atoms. The Balaban J connectivity index is 1.71. The molecule has 0 radical (unpaired) electrons. The highest BCUT2D eigenvalue weighted by Crippen LogP contribution is 2.22. The van der Waals surface area contributed by atoms with Crippen molar-refractivity contribution >= 4 is 23.2 Å². The van der Waals surface area contributed by atoms with Crippen LogP contribution in [0.5, 0.6) is 5.75 Å². The molecule has 0 aliphatic rings. The molecule has 1 aromatic heterocycles. The highest BCUT2D eigenvalue weighted by molar-refractivity contribution is 6.07. The van der Waals surface area contributed by atoms with Crippen molar-refractivity contribution in [3.05, 3.63) is 90.4 Å². The van der Waals surface area contributed by atoms with Crippen LogP contribution in [0.15, 0.2) is 83.5 Å². The second-order valence-corrected chi connectivity index (χ2v) is 6.21. The van der Waals surface area contributed by atoms with E-state index in [9.17, 15) is 9.59 Å². The van der Waals surface area contributed by atoms with Gasteiger partial charge in [0, 0.05) is 11.4 Å². The van der Waals surface area contributed by atoms with Crippen LogP contribution >= 0.6 is 0 Å². The van der Waals surface area contributed by atoms with Gasteiger partial charge in [0.2, 0.25) is 0 Å². The van der Waals surface area contributed by atoms with Crippen LogP contribution in [-0.4, -0.2) is 18.4 Å². The second kappa shape index (κ2) is 8.73. The second-order valence-electron chi connectivity index (χ2n) is 6.21. The number of hydrogen-bond acceptors (Lipinski definition) is 4. The molecule has 142 valence electrons. The summed E-state index contributed by atoms with van der Waals surface area (Å²) in [5.74, 6) is 0.00199. The number of carbonyl (C=O) groups is 2. The minimum Gasteiger partial charge on any atom is -0.488 e.